The van der Waals surface area contributed by atoms with Crippen molar-refractivity contribution in [1.29, 1.82) is 0 Å². The highest BCUT2D eigenvalue weighted by molar-refractivity contribution is 7.90. The van der Waals surface area contributed by atoms with E-state index < -0.39 is 9.84 Å². The number of nitrogens with one attached hydrogen (secondary N) is 1. The molecule has 20 heavy (non-hydrogen) atoms. The minimum Gasteiger partial charge on any atom is -0.379 e. The summed E-state index contributed by atoms with van der Waals surface area (Å²) >= 11 is 0. The highest BCUT2D eigenvalue weighted by atomic mass is 32.2. The molecule has 0 spiro atoms. The van der Waals surface area contributed by atoms with E-state index in [1.54, 1.807) is 19.2 Å². The maximum absolute atomic E-state index is 11.4. The van der Waals surface area contributed by atoms with Gasteiger partial charge in [-0.25, -0.2) is 8.42 Å². The third-order valence-electron chi connectivity index (χ3n) is 3.65. The van der Waals surface area contributed by atoms with Gasteiger partial charge in [-0.1, -0.05) is 12.1 Å². The van der Waals surface area contributed by atoms with Gasteiger partial charge in [0, 0.05) is 19.4 Å². The fourth-order valence-electron chi connectivity index (χ4n) is 2.02. The highest BCUT2D eigenvalue weighted by Gasteiger charge is 2.19. The van der Waals surface area contributed by atoms with Crippen molar-refractivity contribution >= 4 is 9.84 Å². The molecule has 1 aromatic carbocycles. The second kappa shape index (κ2) is 6.70. The Labute approximate surface area is 122 Å². The summed E-state index contributed by atoms with van der Waals surface area (Å²) in [6.07, 6.45) is 3.07. The molecule has 0 saturated heterocycles. The van der Waals surface area contributed by atoms with Gasteiger partial charge in [0.05, 0.1) is 10.5 Å². The monoisotopic (exact) mass is 299 g/mol. The topological polar surface area (TPSA) is 55.4 Å². The van der Waals surface area contributed by atoms with E-state index in [-0.39, 0.29) is 11.6 Å². The standard InChI is InChI=1S/C15H25NO3S/c1-15(2,19-4)11-10-14(16-3)12-6-8-13(9-7-12)20(5,17)18/h6-9,14,16H,10-11H2,1-5H3. The molecular formula is C15H25NO3S. The van der Waals surface area contributed by atoms with Crippen LogP contribution in [0.4, 0.5) is 0 Å². The fraction of sp³-hybridized carbons (Fsp3) is 0.600. The van der Waals surface area contributed by atoms with Crippen LogP contribution in [0.5, 0.6) is 0 Å². The van der Waals surface area contributed by atoms with E-state index in [0.29, 0.717) is 4.90 Å². The Kier molecular flexibility index (Phi) is 5.74. The summed E-state index contributed by atoms with van der Waals surface area (Å²) in [5.41, 5.74) is 0.939. The molecule has 0 aliphatic rings. The van der Waals surface area contributed by atoms with Crippen LogP contribution in [0.2, 0.25) is 0 Å². The molecule has 0 aliphatic heterocycles. The molecule has 0 aromatic heterocycles. The maximum Gasteiger partial charge on any atom is 0.175 e. The average Bonchev–Trinajstić information content (AvgIpc) is 2.39. The van der Waals surface area contributed by atoms with E-state index in [2.05, 4.69) is 19.2 Å². The lowest BCUT2D eigenvalue weighted by atomic mass is 9.95. The predicted octanol–water partition coefficient (Wildman–Crippen LogP) is 2.56. The van der Waals surface area contributed by atoms with E-state index in [1.165, 1.54) is 6.26 Å². The van der Waals surface area contributed by atoms with Gasteiger partial charge in [0.2, 0.25) is 0 Å². The number of methoxy groups -OCH3 is 1. The Morgan fingerprint density at radius 2 is 1.80 bits per heavy atom. The van der Waals surface area contributed by atoms with Crippen LogP contribution >= 0.6 is 0 Å². The quantitative estimate of drug-likeness (QED) is 0.840. The van der Waals surface area contributed by atoms with E-state index in [4.69, 9.17) is 4.74 Å². The van der Waals surface area contributed by atoms with Gasteiger partial charge in [0.15, 0.2) is 9.84 Å². The van der Waals surface area contributed by atoms with Crippen LogP contribution in [0.15, 0.2) is 29.2 Å². The summed E-state index contributed by atoms with van der Waals surface area (Å²) in [7, 11) is 0.497. The first-order valence-corrected chi connectivity index (χ1v) is 8.61. The third-order valence-corrected chi connectivity index (χ3v) is 4.78. The Hall–Kier alpha value is -0.910. The number of hydrogen-bond acceptors (Lipinski definition) is 4. The molecule has 0 radical (unpaired) electrons. The molecule has 0 fully saturated rings. The zero-order chi connectivity index (χ0) is 15.4. The Bertz CT molecular complexity index is 521. The number of ether oxygens (including phenoxy) is 1. The van der Waals surface area contributed by atoms with Crippen LogP contribution in [0, 0.1) is 0 Å². The van der Waals surface area contributed by atoms with E-state index in [9.17, 15) is 8.42 Å². The summed E-state index contributed by atoms with van der Waals surface area (Å²) in [5.74, 6) is 0. The molecule has 1 atom stereocenters. The van der Waals surface area contributed by atoms with Gasteiger partial charge >= 0.3 is 0 Å². The van der Waals surface area contributed by atoms with Crippen molar-refractivity contribution in [3.63, 3.8) is 0 Å². The van der Waals surface area contributed by atoms with Gasteiger partial charge in [0.25, 0.3) is 0 Å². The lowest BCUT2D eigenvalue weighted by Gasteiger charge is -2.26. The number of sulfone groups is 1. The summed E-state index contributed by atoms with van der Waals surface area (Å²) in [6, 6.07) is 7.26. The first kappa shape index (κ1) is 17.1. The lowest BCUT2D eigenvalue weighted by Crippen LogP contribution is -2.26. The Balaban J connectivity index is 2.81. The second-order valence-corrected chi connectivity index (χ2v) is 7.70. The molecule has 0 aliphatic carbocycles. The van der Waals surface area contributed by atoms with Gasteiger partial charge in [-0.3, -0.25) is 0 Å². The van der Waals surface area contributed by atoms with E-state index in [1.807, 2.05) is 19.2 Å². The van der Waals surface area contributed by atoms with Gasteiger partial charge in [0.1, 0.15) is 0 Å². The van der Waals surface area contributed by atoms with Gasteiger partial charge in [-0.05, 0) is 51.4 Å². The summed E-state index contributed by atoms with van der Waals surface area (Å²) in [4.78, 5) is 0.355. The summed E-state index contributed by atoms with van der Waals surface area (Å²) < 4.78 is 28.3. The van der Waals surface area contributed by atoms with E-state index >= 15 is 0 Å². The van der Waals surface area contributed by atoms with Crippen molar-refractivity contribution in [2.45, 2.75) is 43.2 Å². The van der Waals surface area contributed by atoms with Crippen LogP contribution in [0.25, 0.3) is 0 Å². The molecule has 5 heteroatoms. The Morgan fingerprint density at radius 1 is 1.25 bits per heavy atom. The molecule has 0 heterocycles. The van der Waals surface area contributed by atoms with Crippen molar-refractivity contribution in [2.75, 3.05) is 20.4 Å². The first-order chi connectivity index (χ1) is 9.19. The van der Waals surface area contributed by atoms with Crippen molar-refractivity contribution in [3.8, 4) is 0 Å². The largest absolute Gasteiger partial charge is 0.379 e. The molecule has 0 bridgehead atoms. The number of benzene rings is 1. The normalized spacial score (nSPS) is 14.2. The smallest absolute Gasteiger partial charge is 0.175 e. The Morgan fingerprint density at radius 3 is 2.20 bits per heavy atom. The molecule has 1 aromatic rings. The molecule has 114 valence electrons. The van der Waals surface area contributed by atoms with Gasteiger partial charge < -0.3 is 10.1 Å². The summed E-state index contributed by atoms with van der Waals surface area (Å²) in [5, 5.41) is 3.27. The fourth-order valence-corrected chi connectivity index (χ4v) is 2.65. The molecule has 1 unspecified atom stereocenters. The molecule has 4 nitrogen and oxygen atoms in total. The van der Waals surface area contributed by atoms with Crippen molar-refractivity contribution in [1.82, 2.24) is 5.32 Å². The van der Waals surface area contributed by atoms with Crippen LogP contribution in [-0.4, -0.2) is 34.4 Å². The van der Waals surface area contributed by atoms with Gasteiger partial charge in [-0.15, -0.1) is 0 Å². The SMILES string of the molecule is CNC(CCC(C)(C)OC)c1ccc(S(C)(=O)=O)cc1. The molecule has 1 N–H and O–H groups in total. The average molecular weight is 299 g/mol. The molecule has 0 saturated carbocycles. The number of hydrogen-bond donors (Lipinski definition) is 1. The zero-order valence-electron chi connectivity index (χ0n) is 12.9. The third kappa shape index (κ3) is 4.89. The molecular weight excluding hydrogens is 274 g/mol. The minimum absolute atomic E-state index is 0.151. The van der Waals surface area contributed by atoms with Crippen molar-refractivity contribution in [3.05, 3.63) is 29.8 Å². The molecule has 1 rings (SSSR count). The van der Waals surface area contributed by atoms with Crippen LogP contribution < -0.4 is 5.32 Å². The van der Waals surface area contributed by atoms with Gasteiger partial charge in [-0.2, -0.15) is 0 Å². The van der Waals surface area contributed by atoms with Crippen LogP contribution in [-0.2, 0) is 14.6 Å². The minimum atomic E-state index is -3.13. The second-order valence-electron chi connectivity index (χ2n) is 5.68. The summed E-state index contributed by atoms with van der Waals surface area (Å²) in [6.45, 7) is 4.12. The number of rotatable bonds is 7. The van der Waals surface area contributed by atoms with Crippen molar-refractivity contribution < 1.29 is 13.2 Å². The van der Waals surface area contributed by atoms with Crippen molar-refractivity contribution in [2.24, 2.45) is 0 Å². The lowest BCUT2D eigenvalue weighted by molar-refractivity contribution is 0.0118. The first-order valence-electron chi connectivity index (χ1n) is 6.72. The van der Waals surface area contributed by atoms with Crippen LogP contribution in [0.1, 0.15) is 38.3 Å². The predicted molar refractivity (Wildman–Crippen MR) is 81.7 cm³/mol. The highest BCUT2D eigenvalue weighted by Crippen LogP contribution is 2.25. The zero-order valence-corrected chi connectivity index (χ0v) is 13.8. The van der Waals surface area contributed by atoms with E-state index in [0.717, 1.165) is 18.4 Å². The molecule has 0 amide bonds. The maximum atomic E-state index is 11.4. The van der Waals surface area contributed by atoms with Crippen LogP contribution in [0.3, 0.4) is 0 Å².